The summed E-state index contributed by atoms with van der Waals surface area (Å²) in [4.78, 5) is 0. The van der Waals surface area contributed by atoms with E-state index in [0.29, 0.717) is 0 Å². The molecule has 60 valence electrons. The van der Waals surface area contributed by atoms with Crippen molar-refractivity contribution in [2.45, 2.75) is 0 Å². The van der Waals surface area contributed by atoms with E-state index in [1.165, 1.54) is 6.07 Å². The summed E-state index contributed by atoms with van der Waals surface area (Å²) in [6.45, 7) is 6.55. The lowest BCUT2D eigenvalue weighted by molar-refractivity contribution is 0.629. The number of halogens is 1. The molecule has 11 heavy (non-hydrogen) atoms. The SMILES string of the molecule is C[P+](C)(C)c1cccc(F)c1. The molecular formula is C9H13FP+. The summed E-state index contributed by atoms with van der Waals surface area (Å²) in [5.74, 6) is -0.127. The number of rotatable bonds is 1. The third-order valence-corrected chi connectivity index (χ3v) is 3.41. The van der Waals surface area contributed by atoms with Crippen LogP contribution >= 0.6 is 7.26 Å². The standard InChI is InChI=1S/C9H13FP/c1-11(2,3)9-6-4-5-8(10)7-9/h4-7H,1-3H3/q+1. The van der Waals surface area contributed by atoms with Crippen LogP contribution in [0.2, 0.25) is 0 Å². The van der Waals surface area contributed by atoms with Crippen LogP contribution < -0.4 is 5.30 Å². The number of benzene rings is 1. The Balaban J connectivity index is 3.06. The van der Waals surface area contributed by atoms with Gasteiger partial charge in [0.25, 0.3) is 0 Å². The molecule has 0 saturated heterocycles. The lowest BCUT2D eigenvalue weighted by Crippen LogP contribution is -2.07. The van der Waals surface area contributed by atoms with Gasteiger partial charge < -0.3 is 0 Å². The van der Waals surface area contributed by atoms with Crippen molar-refractivity contribution in [3.63, 3.8) is 0 Å². The molecule has 1 aromatic rings. The zero-order chi connectivity index (χ0) is 8.48. The largest absolute Gasteiger partial charge is 0.207 e. The first-order chi connectivity index (χ1) is 5.00. The minimum absolute atomic E-state index is 0.127. The van der Waals surface area contributed by atoms with Crippen LogP contribution in [0.5, 0.6) is 0 Å². The summed E-state index contributed by atoms with van der Waals surface area (Å²) >= 11 is 0. The lowest BCUT2D eigenvalue weighted by atomic mass is 10.3. The summed E-state index contributed by atoms with van der Waals surface area (Å²) < 4.78 is 12.7. The summed E-state index contributed by atoms with van der Waals surface area (Å²) in [7, 11) is -1.04. The Morgan fingerprint density at radius 2 is 1.82 bits per heavy atom. The number of hydrogen-bond donors (Lipinski definition) is 0. The molecule has 0 bridgehead atoms. The van der Waals surface area contributed by atoms with E-state index in [4.69, 9.17) is 0 Å². The highest BCUT2D eigenvalue weighted by atomic mass is 31.2. The molecule has 0 aliphatic rings. The van der Waals surface area contributed by atoms with E-state index in [2.05, 4.69) is 20.0 Å². The molecule has 0 heterocycles. The molecule has 0 saturated carbocycles. The molecule has 1 aromatic carbocycles. The fourth-order valence-corrected chi connectivity index (χ4v) is 1.94. The molecule has 0 aromatic heterocycles. The average molecular weight is 171 g/mol. The summed E-state index contributed by atoms with van der Waals surface area (Å²) in [5.41, 5.74) is 0. The first kappa shape index (κ1) is 8.67. The highest BCUT2D eigenvalue weighted by molar-refractivity contribution is 7.80. The van der Waals surface area contributed by atoms with Crippen LogP contribution in [0.1, 0.15) is 0 Å². The van der Waals surface area contributed by atoms with Crippen molar-refractivity contribution in [1.82, 2.24) is 0 Å². The van der Waals surface area contributed by atoms with Gasteiger partial charge >= 0.3 is 0 Å². The first-order valence-electron chi connectivity index (χ1n) is 3.58. The van der Waals surface area contributed by atoms with Crippen LogP contribution in [0.15, 0.2) is 24.3 Å². The summed E-state index contributed by atoms with van der Waals surface area (Å²) in [5, 5.41) is 1.15. The molecule has 0 amide bonds. The van der Waals surface area contributed by atoms with Crippen LogP contribution in [0.3, 0.4) is 0 Å². The van der Waals surface area contributed by atoms with Crippen LogP contribution in [-0.2, 0) is 0 Å². The molecule has 0 N–H and O–H groups in total. The molecule has 0 unspecified atom stereocenters. The summed E-state index contributed by atoms with van der Waals surface area (Å²) in [6, 6.07) is 6.89. The van der Waals surface area contributed by atoms with Gasteiger partial charge in [-0.2, -0.15) is 0 Å². The van der Waals surface area contributed by atoms with E-state index >= 15 is 0 Å². The van der Waals surface area contributed by atoms with Crippen molar-refractivity contribution >= 4 is 12.6 Å². The molecule has 0 fully saturated rings. The van der Waals surface area contributed by atoms with Crippen molar-refractivity contribution in [3.8, 4) is 0 Å². The van der Waals surface area contributed by atoms with Crippen molar-refractivity contribution in [2.75, 3.05) is 20.0 Å². The second kappa shape index (κ2) is 2.91. The Labute approximate surface area is 67.8 Å². The highest BCUT2D eigenvalue weighted by Crippen LogP contribution is 2.44. The van der Waals surface area contributed by atoms with E-state index in [0.717, 1.165) is 5.30 Å². The van der Waals surface area contributed by atoms with Crippen LogP contribution in [0.4, 0.5) is 4.39 Å². The molecular weight excluding hydrogens is 158 g/mol. The second-order valence-corrected chi connectivity index (χ2v) is 8.03. The zero-order valence-corrected chi connectivity index (χ0v) is 8.03. The van der Waals surface area contributed by atoms with Gasteiger partial charge in [0.2, 0.25) is 0 Å². The Morgan fingerprint density at radius 1 is 1.18 bits per heavy atom. The Hall–Kier alpha value is -0.420. The van der Waals surface area contributed by atoms with Crippen molar-refractivity contribution in [1.29, 1.82) is 0 Å². The van der Waals surface area contributed by atoms with Gasteiger partial charge in [0.05, 0.1) is 25.3 Å². The molecule has 0 spiro atoms. The van der Waals surface area contributed by atoms with Crippen LogP contribution in [0.25, 0.3) is 0 Å². The normalized spacial score (nSPS) is 11.6. The smallest absolute Gasteiger partial charge is 0.127 e. The first-order valence-corrected chi connectivity index (χ1v) is 6.71. The van der Waals surface area contributed by atoms with Gasteiger partial charge in [-0.1, -0.05) is 6.07 Å². The molecule has 2 heteroatoms. The van der Waals surface area contributed by atoms with Gasteiger partial charge in [-0.25, -0.2) is 4.39 Å². The minimum atomic E-state index is -1.04. The van der Waals surface area contributed by atoms with E-state index in [9.17, 15) is 4.39 Å². The van der Waals surface area contributed by atoms with E-state index in [1.54, 1.807) is 12.1 Å². The van der Waals surface area contributed by atoms with Crippen LogP contribution in [0, 0.1) is 5.82 Å². The fourth-order valence-electron chi connectivity index (χ4n) is 0.893. The molecule has 0 radical (unpaired) electrons. The molecule has 0 atom stereocenters. The number of hydrogen-bond acceptors (Lipinski definition) is 0. The third-order valence-electron chi connectivity index (χ3n) is 1.58. The van der Waals surface area contributed by atoms with Gasteiger partial charge in [-0.05, 0) is 12.1 Å². The topological polar surface area (TPSA) is 0 Å². The van der Waals surface area contributed by atoms with Gasteiger partial charge in [0.1, 0.15) is 5.82 Å². The fraction of sp³-hybridized carbons (Fsp3) is 0.333. The summed E-state index contributed by atoms with van der Waals surface area (Å²) in [6.07, 6.45) is 0. The second-order valence-electron chi connectivity index (χ2n) is 3.49. The van der Waals surface area contributed by atoms with Crippen molar-refractivity contribution < 1.29 is 4.39 Å². The Bertz CT molecular complexity index is 250. The average Bonchev–Trinajstić information content (AvgIpc) is 1.86. The predicted octanol–water partition coefficient (Wildman–Crippen LogP) is 2.36. The lowest BCUT2D eigenvalue weighted by Gasteiger charge is -2.10. The molecule has 1 rings (SSSR count). The zero-order valence-electron chi connectivity index (χ0n) is 7.13. The maximum Gasteiger partial charge on any atom is 0.127 e. The van der Waals surface area contributed by atoms with Gasteiger partial charge in [0, 0.05) is 13.3 Å². The molecule has 0 aliphatic heterocycles. The molecule has 0 nitrogen and oxygen atoms in total. The van der Waals surface area contributed by atoms with E-state index in [1.807, 2.05) is 6.07 Å². The van der Waals surface area contributed by atoms with Gasteiger partial charge in [-0.15, -0.1) is 0 Å². The van der Waals surface area contributed by atoms with Crippen molar-refractivity contribution in [3.05, 3.63) is 30.1 Å². The maximum atomic E-state index is 12.7. The van der Waals surface area contributed by atoms with Gasteiger partial charge in [-0.3, -0.25) is 0 Å². The maximum absolute atomic E-state index is 12.7. The van der Waals surface area contributed by atoms with Crippen LogP contribution in [-0.4, -0.2) is 20.0 Å². The van der Waals surface area contributed by atoms with Gasteiger partial charge in [0.15, 0.2) is 0 Å². The highest BCUT2D eigenvalue weighted by Gasteiger charge is 2.20. The quantitative estimate of drug-likeness (QED) is 0.569. The predicted molar refractivity (Wildman–Crippen MR) is 50.7 cm³/mol. The Morgan fingerprint density at radius 3 is 2.18 bits per heavy atom. The van der Waals surface area contributed by atoms with Crippen molar-refractivity contribution in [2.24, 2.45) is 0 Å². The van der Waals surface area contributed by atoms with E-state index < -0.39 is 7.26 Å². The monoisotopic (exact) mass is 171 g/mol. The Kier molecular flexibility index (Phi) is 2.29. The van der Waals surface area contributed by atoms with E-state index in [-0.39, 0.29) is 5.82 Å². The third kappa shape index (κ3) is 2.27. The minimum Gasteiger partial charge on any atom is -0.207 e. The molecule has 0 aliphatic carbocycles.